The summed E-state index contributed by atoms with van der Waals surface area (Å²) in [4.78, 5) is 39.1. The van der Waals surface area contributed by atoms with Gasteiger partial charge in [0.1, 0.15) is 12.6 Å². The van der Waals surface area contributed by atoms with Gasteiger partial charge in [0.05, 0.1) is 13.2 Å². The van der Waals surface area contributed by atoms with Gasteiger partial charge in [-0.25, -0.2) is 9.59 Å². The van der Waals surface area contributed by atoms with Crippen LogP contribution in [0.15, 0.2) is 48.5 Å². The fraction of sp³-hybridized carbons (Fsp3) is 0.444. The minimum Gasteiger partial charge on any atom is -0.479 e. The fourth-order valence-electron chi connectivity index (χ4n) is 4.88. The smallest absolute Gasteiger partial charge is 0.407 e. The number of hydrogen-bond donors (Lipinski definition) is 2. The van der Waals surface area contributed by atoms with Gasteiger partial charge in [-0.05, 0) is 41.5 Å². The Kier molecular flexibility index (Phi) is 7.12. The van der Waals surface area contributed by atoms with E-state index < -0.39 is 23.7 Å². The average molecular weight is 481 g/mol. The topological polar surface area (TPSA) is 105 Å². The number of benzene rings is 2. The van der Waals surface area contributed by atoms with Crippen LogP contribution in [-0.4, -0.2) is 65.9 Å². The third kappa shape index (κ3) is 5.17. The Labute approximate surface area is 205 Å². The molecule has 4 rings (SSSR count). The van der Waals surface area contributed by atoms with Crippen LogP contribution in [0.2, 0.25) is 0 Å². The first-order valence-corrected chi connectivity index (χ1v) is 12.0. The lowest BCUT2D eigenvalue weighted by atomic mass is 9.98. The van der Waals surface area contributed by atoms with E-state index in [1.54, 1.807) is 0 Å². The molecule has 0 saturated carbocycles. The number of alkyl carbamates (subject to hydrolysis) is 1. The van der Waals surface area contributed by atoms with Gasteiger partial charge in [-0.3, -0.25) is 4.79 Å². The summed E-state index contributed by atoms with van der Waals surface area (Å²) < 4.78 is 11.0. The van der Waals surface area contributed by atoms with Crippen LogP contribution in [0.25, 0.3) is 11.1 Å². The van der Waals surface area contributed by atoms with E-state index in [4.69, 9.17) is 9.47 Å². The van der Waals surface area contributed by atoms with Crippen molar-refractivity contribution in [1.82, 2.24) is 10.2 Å². The second-order valence-electron chi connectivity index (χ2n) is 9.80. The quantitative estimate of drug-likeness (QED) is 0.627. The van der Waals surface area contributed by atoms with Crippen LogP contribution < -0.4 is 5.32 Å². The molecule has 0 aromatic heterocycles. The van der Waals surface area contributed by atoms with E-state index in [-0.39, 0.29) is 44.0 Å². The average Bonchev–Trinajstić information content (AvgIpc) is 3.15. The molecule has 1 aliphatic heterocycles. The van der Waals surface area contributed by atoms with Gasteiger partial charge in [-0.15, -0.1) is 0 Å². The van der Waals surface area contributed by atoms with Crippen LogP contribution in [0.3, 0.4) is 0 Å². The first-order chi connectivity index (χ1) is 16.7. The minimum atomic E-state index is -1.47. The highest BCUT2D eigenvalue weighted by Gasteiger charge is 2.42. The molecule has 1 aliphatic carbocycles. The molecule has 2 aromatic carbocycles. The number of carboxylic acids is 1. The zero-order valence-corrected chi connectivity index (χ0v) is 20.3. The number of amides is 2. The molecule has 0 spiro atoms. The van der Waals surface area contributed by atoms with Crippen molar-refractivity contribution in [2.45, 2.75) is 44.8 Å². The largest absolute Gasteiger partial charge is 0.479 e. The molecule has 0 radical (unpaired) electrons. The molecule has 186 valence electrons. The summed E-state index contributed by atoms with van der Waals surface area (Å²) in [6, 6.07) is 15.3. The SMILES string of the molecule is CC(C)CC(NC(=O)OCC1c2ccccc2-c2ccccc21)C(=O)N1CCOC(C)(C(=O)O)C1. The van der Waals surface area contributed by atoms with Crippen LogP contribution in [0.1, 0.15) is 44.2 Å². The van der Waals surface area contributed by atoms with Gasteiger partial charge >= 0.3 is 12.1 Å². The Hall–Kier alpha value is -3.39. The number of nitrogens with zero attached hydrogens (tertiary/aromatic N) is 1. The van der Waals surface area contributed by atoms with E-state index in [1.165, 1.54) is 11.8 Å². The summed E-state index contributed by atoms with van der Waals surface area (Å²) in [7, 11) is 0. The van der Waals surface area contributed by atoms with Gasteiger partial charge in [-0.1, -0.05) is 62.4 Å². The molecule has 2 amide bonds. The van der Waals surface area contributed by atoms with Crippen molar-refractivity contribution in [3.05, 3.63) is 59.7 Å². The van der Waals surface area contributed by atoms with Crippen molar-refractivity contribution >= 4 is 18.0 Å². The number of aliphatic carboxylic acids is 1. The minimum absolute atomic E-state index is 0.0806. The highest BCUT2D eigenvalue weighted by Crippen LogP contribution is 2.44. The second kappa shape index (κ2) is 10.1. The van der Waals surface area contributed by atoms with Crippen molar-refractivity contribution in [3.8, 4) is 11.1 Å². The number of hydrogen-bond acceptors (Lipinski definition) is 5. The highest BCUT2D eigenvalue weighted by atomic mass is 16.5. The van der Waals surface area contributed by atoms with Crippen LogP contribution >= 0.6 is 0 Å². The van der Waals surface area contributed by atoms with Crippen molar-refractivity contribution < 1.29 is 29.0 Å². The molecule has 0 bridgehead atoms. The molecule has 1 saturated heterocycles. The predicted molar refractivity (Wildman–Crippen MR) is 130 cm³/mol. The Morgan fingerprint density at radius 2 is 1.71 bits per heavy atom. The summed E-state index contributed by atoms with van der Waals surface area (Å²) in [6.07, 6.45) is -0.260. The molecular formula is C27H32N2O6. The monoisotopic (exact) mass is 480 g/mol. The predicted octanol–water partition coefficient (Wildman–Crippen LogP) is 3.64. The Bertz CT molecular complexity index is 1070. The maximum absolute atomic E-state index is 13.3. The van der Waals surface area contributed by atoms with Gasteiger partial charge in [0.2, 0.25) is 5.91 Å². The van der Waals surface area contributed by atoms with Gasteiger partial charge in [0.15, 0.2) is 5.60 Å². The number of carbonyl (C=O) groups is 3. The molecule has 8 nitrogen and oxygen atoms in total. The number of carboxylic acid groups (broad SMARTS) is 1. The maximum atomic E-state index is 13.3. The van der Waals surface area contributed by atoms with Crippen molar-refractivity contribution in [2.24, 2.45) is 5.92 Å². The van der Waals surface area contributed by atoms with Crippen molar-refractivity contribution in [3.63, 3.8) is 0 Å². The summed E-state index contributed by atoms with van der Waals surface area (Å²) in [5.74, 6) is -1.41. The maximum Gasteiger partial charge on any atom is 0.407 e. The van der Waals surface area contributed by atoms with Gasteiger partial charge in [0, 0.05) is 12.5 Å². The molecule has 2 atom stereocenters. The molecule has 1 fully saturated rings. The Balaban J connectivity index is 1.43. The third-order valence-corrected chi connectivity index (χ3v) is 6.68. The zero-order chi connectivity index (χ0) is 25.2. The molecule has 2 unspecified atom stereocenters. The number of carbonyl (C=O) groups excluding carboxylic acids is 2. The molecule has 2 aromatic rings. The van der Waals surface area contributed by atoms with Crippen LogP contribution in [0.4, 0.5) is 4.79 Å². The van der Waals surface area contributed by atoms with Crippen LogP contribution in [-0.2, 0) is 19.1 Å². The number of nitrogens with one attached hydrogen (secondary N) is 1. The van der Waals surface area contributed by atoms with Crippen molar-refractivity contribution in [1.29, 1.82) is 0 Å². The highest BCUT2D eigenvalue weighted by molar-refractivity contribution is 5.87. The van der Waals surface area contributed by atoms with Crippen molar-refractivity contribution in [2.75, 3.05) is 26.3 Å². The lowest BCUT2D eigenvalue weighted by molar-refractivity contribution is -0.177. The molecule has 8 heteroatoms. The van der Waals surface area contributed by atoms with E-state index in [0.717, 1.165) is 22.3 Å². The first-order valence-electron chi connectivity index (χ1n) is 12.0. The number of ether oxygens (including phenoxy) is 2. The van der Waals surface area contributed by atoms with Gasteiger partial charge in [0.25, 0.3) is 0 Å². The molecular weight excluding hydrogens is 448 g/mol. The van der Waals surface area contributed by atoms with E-state index >= 15 is 0 Å². The zero-order valence-electron chi connectivity index (χ0n) is 20.3. The lowest BCUT2D eigenvalue weighted by Crippen LogP contribution is -2.59. The second-order valence-corrected chi connectivity index (χ2v) is 9.80. The van der Waals surface area contributed by atoms with Crippen LogP contribution in [0.5, 0.6) is 0 Å². The van der Waals surface area contributed by atoms with E-state index in [9.17, 15) is 19.5 Å². The van der Waals surface area contributed by atoms with Gasteiger partial charge in [-0.2, -0.15) is 0 Å². The van der Waals surface area contributed by atoms with E-state index in [1.807, 2.05) is 50.2 Å². The Morgan fingerprint density at radius 3 is 2.29 bits per heavy atom. The first kappa shape index (κ1) is 24.7. The van der Waals surface area contributed by atoms with Gasteiger partial charge < -0.3 is 24.8 Å². The van der Waals surface area contributed by atoms with E-state index in [2.05, 4.69) is 17.4 Å². The Morgan fingerprint density at radius 1 is 1.11 bits per heavy atom. The lowest BCUT2D eigenvalue weighted by Gasteiger charge is -2.39. The standard InChI is InChI=1S/C27H32N2O6/c1-17(2)14-23(24(30)29-12-13-35-27(3,16-29)25(31)32)28-26(33)34-15-22-20-10-6-4-8-18(20)19-9-5-7-11-21(19)22/h4-11,17,22-23H,12-16H2,1-3H3,(H,28,33)(H,31,32). The normalized spacial score (nSPS) is 20.2. The summed E-state index contributed by atoms with van der Waals surface area (Å²) in [6.45, 7) is 5.82. The molecule has 35 heavy (non-hydrogen) atoms. The van der Waals surface area contributed by atoms with Crippen LogP contribution in [0, 0.1) is 5.92 Å². The molecule has 1 heterocycles. The molecule has 2 aliphatic rings. The number of fused-ring (bicyclic) bond motifs is 3. The third-order valence-electron chi connectivity index (χ3n) is 6.68. The fourth-order valence-corrected chi connectivity index (χ4v) is 4.88. The summed E-state index contributed by atoms with van der Waals surface area (Å²) in [5, 5.41) is 12.2. The number of morpholine rings is 1. The molecule has 2 N–H and O–H groups in total. The number of rotatable bonds is 7. The van der Waals surface area contributed by atoms with E-state index in [0.29, 0.717) is 6.42 Å². The summed E-state index contributed by atoms with van der Waals surface area (Å²) in [5.41, 5.74) is 3.02. The summed E-state index contributed by atoms with van der Waals surface area (Å²) >= 11 is 0.